The van der Waals surface area contributed by atoms with Crippen molar-refractivity contribution >= 4 is 33.8 Å². The summed E-state index contributed by atoms with van der Waals surface area (Å²) in [7, 11) is 1.56. The monoisotopic (exact) mass is 446 g/mol. The summed E-state index contributed by atoms with van der Waals surface area (Å²) >= 11 is 3.44. The maximum Gasteiger partial charge on any atom is 0.276 e. The zero-order chi connectivity index (χ0) is 20.5. The second kappa shape index (κ2) is 10.5. The van der Waals surface area contributed by atoms with Gasteiger partial charge in [-0.05, 0) is 51.7 Å². The summed E-state index contributed by atoms with van der Waals surface area (Å²) in [4.78, 5) is 23.7. The summed E-state index contributed by atoms with van der Waals surface area (Å²) < 4.78 is 11.5. The summed E-state index contributed by atoms with van der Waals surface area (Å²) in [5.74, 6) is 0.661. The number of carbonyl (C=O) groups is 2. The van der Waals surface area contributed by atoms with Gasteiger partial charge in [0.2, 0.25) is 0 Å². The molecule has 0 fully saturated rings. The van der Waals surface area contributed by atoms with E-state index in [1.807, 2.05) is 30.3 Å². The van der Waals surface area contributed by atoms with Crippen LogP contribution in [0.5, 0.6) is 11.5 Å². The number of benzene rings is 2. The first kappa shape index (κ1) is 21.5. The first-order valence-electron chi connectivity index (χ1n) is 8.73. The van der Waals surface area contributed by atoms with E-state index in [-0.39, 0.29) is 6.61 Å². The van der Waals surface area contributed by atoms with Gasteiger partial charge in [0, 0.05) is 11.6 Å². The number of hydrogen-bond donors (Lipinski definition) is 2. The molecule has 2 N–H and O–H groups in total. The molecule has 2 aromatic carbocycles. The van der Waals surface area contributed by atoms with Gasteiger partial charge in [-0.25, -0.2) is 0 Å². The normalized spacial score (nSPS) is 10.8. The van der Waals surface area contributed by atoms with Crippen molar-refractivity contribution in [3.8, 4) is 11.5 Å². The fourth-order valence-electron chi connectivity index (χ4n) is 2.32. The highest BCUT2D eigenvalue weighted by molar-refractivity contribution is 9.10. The minimum atomic E-state index is -0.473. The largest absolute Gasteiger partial charge is 0.496 e. The molecule has 0 aliphatic carbocycles. The lowest BCUT2D eigenvalue weighted by Crippen LogP contribution is -2.43. The third-order valence-corrected chi connectivity index (χ3v) is 4.48. The van der Waals surface area contributed by atoms with Crippen molar-refractivity contribution in [2.75, 3.05) is 13.7 Å². The smallest absolute Gasteiger partial charge is 0.276 e. The highest BCUT2D eigenvalue weighted by atomic mass is 79.9. The molecule has 0 radical (unpaired) electrons. The Labute approximate surface area is 173 Å². The van der Waals surface area contributed by atoms with Crippen LogP contribution in [-0.2, 0) is 9.59 Å². The van der Waals surface area contributed by atoms with Crippen LogP contribution in [0.15, 0.2) is 53.0 Å². The van der Waals surface area contributed by atoms with Crippen LogP contribution in [-0.4, -0.2) is 25.5 Å². The van der Waals surface area contributed by atoms with E-state index in [0.717, 1.165) is 15.6 Å². The number of carbonyl (C=O) groups excluding carboxylic acids is 2. The first-order valence-corrected chi connectivity index (χ1v) is 9.52. The van der Waals surface area contributed by atoms with Crippen LogP contribution in [0.4, 0.5) is 0 Å². The predicted octanol–water partition coefficient (Wildman–Crippen LogP) is 3.82. The summed E-state index contributed by atoms with van der Waals surface area (Å²) in [5.41, 5.74) is 6.53. The molecule has 148 valence electrons. The van der Waals surface area contributed by atoms with Gasteiger partial charge in [0.25, 0.3) is 11.8 Å². The van der Waals surface area contributed by atoms with Crippen molar-refractivity contribution in [1.29, 1.82) is 0 Å². The van der Waals surface area contributed by atoms with Gasteiger partial charge in [0.15, 0.2) is 6.61 Å². The van der Waals surface area contributed by atoms with Crippen LogP contribution in [0.1, 0.15) is 30.9 Å². The second-order valence-electron chi connectivity index (χ2n) is 6.25. The second-order valence-corrected chi connectivity index (χ2v) is 7.10. The SMILES string of the molecule is COc1ccccc1C=CC(=O)NNC(=O)COc1ccc(C(C)C)cc1Br. The lowest BCUT2D eigenvalue weighted by atomic mass is 10.0. The molecule has 0 saturated carbocycles. The Bertz CT molecular complexity index is 865. The Morgan fingerprint density at radius 1 is 1.11 bits per heavy atom. The molecule has 2 rings (SSSR count). The Morgan fingerprint density at radius 3 is 2.54 bits per heavy atom. The number of amides is 2. The van der Waals surface area contributed by atoms with Gasteiger partial charge in [0.05, 0.1) is 11.6 Å². The fraction of sp³-hybridized carbons (Fsp3) is 0.238. The highest BCUT2D eigenvalue weighted by Gasteiger charge is 2.08. The maximum absolute atomic E-state index is 11.9. The molecule has 6 nitrogen and oxygen atoms in total. The van der Waals surface area contributed by atoms with Crippen LogP contribution < -0.4 is 20.3 Å². The molecule has 2 amide bonds. The first-order chi connectivity index (χ1) is 13.4. The summed E-state index contributed by atoms with van der Waals surface area (Å²) in [6.07, 6.45) is 2.91. The summed E-state index contributed by atoms with van der Waals surface area (Å²) in [5, 5.41) is 0. The van der Waals surface area contributed by atoms with Crippen LogP contribution in [0.3, 0.4) is 0 Å². The molecule has 0 spiro atoms. The van der Waals surface area contributed by atoms with Gasteiger partial charge in [-0.3, -0.25) is 20.4 Å². The summed E-state index contributed by atoms with van der Waals surface area (Å²) in [6, 6.07) is 13.0. The van der Waals surface area contributed by atoms with Crippen molar-refractivity contribution in [3.05, 3.63) is 64.1 Å². The summed E-state index contributed by atoms with van der Waals surface area (Å²) in [6.45, 7) is 3.97. The number of rotatable bonds is 7. The molecule has 28 heavy (non-hydrogen) atoms. The van der Waals surface area contributed by atoms with E-state index in [0.29, 0.717) is 17.4 Å². The third-order valence-electron chi connectivity index (χ3n) is 3.86. The van der Waals surface area contributed by atoms with Crippen molar-refractivity contribution in [2.45, 2.75) is 19.8 Å². The molecule has 0 aliphatic heterocycles. The van der Waals surface area contributed by atoms with Crippen LogP contribution >= 0.6 is 15.9 Å². The number of nitrogens with one attached hydrogen (secondary N) is 2. The Hall–Kier alpha value is -2.80. The van der Waals surface area contributed by atoms with Crippen LogP contribution in [0.2, 0.25) is 0 Å². The zero-order valence-electron chi connectivity index (χ0n) is 16.0. The Balaban J connectivity index is 1.80. The molecular formula is C21H23BrN2O4. The van der Waals surface area contributed by atoms with Crippen LogP contribution in [0.25, 0.3) is 6.08 Å². The van der Waals surface area contributed by atoms with Crippen molar-refractivity contribution in [2.24, 2.45) is 0 Å². The number of halogens is 1. The lowest BCUT2D eigenvalue weighted by molar-refractivity contribution is -0.128. The van der Waals surface area contributed by atoms with E-state index in [4.69, 9.17) is 9.47 Å². The molecule has 0 saturated heterocycles. The lowest BCUT2D eigenvalue weighted by Gasteiger charge is -2.11. The van der Waals surface area contributed by atoms with Gasteiger partial charge in [-0.15, -0.1) is 0 Å². The average Bonchev–Trinajstić information content (AvgIpc) is 2.69. The molecule has 0 unspecified atom stereocenters. The molecule has 0 aliphatic rings. The molecule has 7 heteroatoms. The minimum absolute atomic E-state index is 0.226. The third kappa shape index (κ3) is 6.42. The van der Waals surface area contributed by atoms with Crippen molar-refractivity contribution in [1.82, 2.24) is 10.9 Å². The number of methoxy groups -OCH3 is 1. The van der Waals surface area contributed by atoms with Gasteiger partial charge in [-0.1, -0.05) is 38.1 Å². The average molecular weight is 447 g/mol. The molecule has 0 aromatic heterocycles. The van der Waals surface area contributed by atoms with Gasteiger partial charge in [-0.2, -0.15) is 0 Å². The molecule has 0 heterocycles. The topological polar surface area (TPSA) is 76.7 Å². The van der Waals surface area contributed by atoms with Crippen molar-refractivity contribution < 1.29 is 19.1 Å². The van der Waals surface area contributed by atoms with Gasteiger partial charge in [0.1, 0.15) is 11.5 Å². The molecule has 0 bridgehead atoms. The minimum Gasteiger partial charge on any atom is -0.496 e. The maximum atomic E-state index is 11.9. The Morgan fingerprint density at radius 2 is 1.86 bits per heavy atom. The fourth-order valence-corrected chi connectivity index (χ4v) is 2.83. The van der Waals surface area contributed by atoms with E-state index in [2.05, 4.69) is 40.6 Å². The van der Waals surface area contributed by atoms with E-state index >= 15 is 0 Å². The van der Waals surface area contributed by atoms with Gasteiger partial charge >= 0.3 is 0 Å². The predicted molar refractivity (Wildman–Crippen MR) is 112 cm³/mol. The molecular weight excluding hydrogens is 424 g/mol. The number of hydrazine groups is 1. The van der Waals surface area contributed by atoms with E-state index in [1.165, 1.54) is 6.08 Å². The number of ether oxygens (including phenoxy) is 2. The highest BCUT2D eigenvalue weighted by Crippen LogP contribution is 2.28. The standard InChI is InChI=1S/C21H23BrN2O4/c1-14(2)16-8-10-19(17(22)12-16)28-13-21(26)24-23-20(25)11-9-15-6-4-5-7-18(15)27-3/h4-12,14H,13H2,1-3H3,(H,23,25)(H,24,26). The Kier molecular flexibility index (Phi) is 8.07. The molecule has 2 aromatic rings. The number of para-hydroxylation sites is 1. The zero-order valence-corrected chi connectivity index (χ0v) is 17.6. The van der Waals surface area contributed by atoms with Crippen molar-refractivity contribution in [3.63, 3.8) is 0 Å². The van der Waals surface area contributed by atoms with Gasteiger partial charge < -0.3 is 9.47 Å². The van der Waals surface area contributed by atoms with E-state index in [1.54, 1.807) is 25.3 Å². The molecule has 0 atom stereocenters. The van der Waals surface area contributed by atoms with E-state index in [9.17, 15) is 9.59 Å². The van der Waals surface area contributed by atoms with E-state index < -0.39 is 11.8 Å². The number of hydrogen-bond acceptors (Lipinski definition) is 4. The van der Waals surface area contributed by atoms with Crippen LogP contribution in [0, 0.1) is 0 Å². The quantitative estimate of drug-likeness (QED) is 0.500.